The minimum atomic E-state index is -4.61. The highest BCUT2D eigenvalue weighted by atomic mass is 19.4. The number of pyridine rings is 2. The van der Waals surface area contributed by atoms with Gasteiger partial charge in [0.15, 0.2) is 5.65 Å². The van der Waals surface area contributed by atoms with Crippen molar-refractivity contribution in [1.29, 1.82) is 0 Å². The van der Waals surface area contributed by atoms with Crippen LogP contribution >= 0.6 is 0 Å². The van der Waals surface area contributed by atoms with Crippen LogP contribution < -0.4 is 10.1 Å². The van der Waals surface area contributed by atoms with E-state index in [1.807, 2.05) is 41.1 Å². The first-order valence-corrected chi connectivity index (χ1v) is 12.1. The molecule has 1 aliphatic heterocycles. The zero-order chi connectivity index (χ0) is 25.4. The molecule has 0 aromatic carbocycles. The Morgan fingerprint density at radius 1 is 1.05 bits per heavy atom. The maximum absolute atomic E-state index is 13.5. The van der Waals surface area contributed by atoms with Crippen molar-refractivity contribution in [3.05, 3.63) is 60.4 Å². The molecule has 1 aliphatic carbocycles. The van der Waals surface area contributed by atoms with Crippen LogP contribution in [-0.4, -0.2) is 54.9 Å². The molecule has 0 unspecified atom stereocenters. The molecular formula is C25H24F3N7O2. The second kappa shape index (κ2) is 9.58. The summed E-state index contributed by atoms with van der Waals surface area (Å²) < 4.78 is 52.8. The molecule has 2 atom stereocenters. The fourth-order valence-corrected chi connectivity index (χ4v) is 4.79. The van der Waals surface area contributed by atoms with E-state index in [0.717, 1.165) is 54.5 Å². The SMILES string of the molecule is FC(F)(F)c1cnc(N[C@@H]2CCC[C@H](c3nnc4ccc(-c5cccnc5)cn34)C2)nc1OC1COC1. The molecule has 0 bridgehead atoms. The average Bonchev–Trinajstić information content (AvgIpc) is 3.30. The van der Waals surface area contributed by atoms with Crippen molar-refractivity contribution in [3.63, 3.8) is 0 Å². The van der Waals surface area contributed by atoms with Crippen LogP contribution in [0.25, 0.3) is 16.8 Å². The lowest BCUT2D eigenvalue weighted by atomic mass is 9.85. The van der Waals surface area contributed by atoms with E-state index >= 15 is 0 Å². The Bertz CT molecular complexity index is 1390. The largest absolute Gasteiger partial charge is 0.469 e. The average molecular weight is 512 g/mol. The molecule has 4 aromatic heterocycles. The zero-order valence-corrected chi connectivity index (χ0v) is 19.7. The van der Waals surface area contributed by atoms with Gasteiger partial charge in [-0.2, -0.15) is 18.2 Å². The lowest BCUT2D eigenvalue weighted by Crippen LogP contribution is -2.39. The quantitative estimate of drug-likeness (QED) is 0.404. The monoisotopic (exact) mass is 511 g/mol. The molecule has 9 nitrogen and oxygen atoms in total. The summed E-state index contributed by atoms with van der Waals surface area (Å²) in [5, 5.41) is 12.0. The van der Waals surface area contributed by atoms with Gasteiger partial charge in [0.2, 0.25) is 11.8 Å². The summed E-state index contributed by atoms with van der Waals surface area (Å²) in [7, 11) is 0. The second-order valence-corrected chi connectivity index (χ2v) is 9.34. The molecular weight excluding hydrogens is 487 g/mol. The minimum Gasteiger partial charge on any atom is -0.469 e. The van der Waals surface area contributed by atoms with Gasteiger partial charge in [0.25, 0.3) is 0 Å². The molecule has 4 aromatic rings. The number of anilines is 1. The fraction of sp³-hybridized carbons (Fsp3) is 0.400. The Morgan fingerprint density at radius 2 is 1.95 bits per heavy atom. The number of alkyl halides is 3. The molecule has 192 valence electrons. The number of ether oxygens (including phenoxy) is 2. The molecule has 0 amide bonds. The van der Waals surface area contributed by atoms with E-state index in [2.05, 4.69) is 30.5 Å². The van der Waals surface area contributed by atoms with Gasteiger partial charge in [-0.1, -0.05) is 12.5 Å². The number of fused-ring (bicyclic) bond motifs is 1. The van der Waals surface area contributed by atoms with Crippen LogP contribution in [0.5, 0.6) is 5.88 Å². The van der Waals surface area contributed by atoms with Crippen molar-refractivity contribution in [3.8, 4) is 17.0 Å². The van der Waals surface area contributed by atoms with Gasteiger partial charge in [-0.3, -0.25) is 9.38 Å². The molecule has 2 fully saturated rings. The van der Waals surface area contributed by atoms with Crippen LogP contribution in [0.15, 0.2) is 49.1 Å². The summed E-state index contributed by atoms with van der Waals surface area (Å²) in [6.07, 6.45) is 4.69. The van der Waals surface area contributed by atoms with Gasteiger partial charge in [-0.05, 0) is 37.5 Å². The third kappa shape index (κ3) is 4.93. The Hall–Kier alpha value is -3.80. The highest BCUT2D eigenvalue weighted by molar-refractivity contribution is 5.63. The lowest BCUT2D eigenvalue weighted by molar-refractivity contribution is -0.142. The fourth-order valence-electron chi connectivity index (χ4n) is 4.79. The lowest BCUT2D eigenvalue weighted by Gasteiger charge is -2.30. The van der Waals surface area contributed by atoms with E-state index in [1.54, 1.807) is 6.20 Å². The first kappa shape index (κ1) is 23.6. The standard InChI is InChI=1S/C25H24F3N7O2/c26-25(27,28)20-11-30-24(32-23(20)37-19-13-36-14-19)31-18-5-1-3-15(9-18)22-34-33-21-7-6-17(12-35(21)22)16-4-2-8-29-10-16/h2,4,6-8,10-12,15,18-19H,1,3,5,9,13-14H2,(H,30,31,32)/t15-,18+/m0/s1. The number of nitrogens with zero attached hydrogens (tertiary/aromatic N) is 6. The first-order chi connectivity index (χ1) is 17.9. The van der Waals surface area contributed by atoms with Crippen molar-refractivity contribution < 1.29 is 22.6 Å². The van der Waals surface area contributed by atoms with Crippen LogP contribution in [0.1, 0.15) is 43.0 Å². The van der Waals surface area contributed by atoms with Gasteiger partial charge < -0.3 is 14.8 Å². The topological polar surface area (TPSA) is 99.4 Å². The predicted octanol–water partition coefficient (Wildman–Crippen LogP) is 4.52. The molecule has 1 N–H and O–H groups in total. The van der Waals surface area contributed by atoms with Gasteiger partial charge in [-0.15, -0.1) is 10.2 Å². The first-order valence-electron chi connectivity index (χ1n) is 12.1. The predicted molar refractivity (Wildman–Crippen MR) is 127 cm³/mol. The van der Waals surface area contributed by atoms with Crippen molar-refractivity contribution >= 4 is 11.6 Å². The maximum Gasteiger partial charge on any atom is 0.423 e. The van der Waals surface area contributed by atoms with Gasteiger partial charge in [0.05, 0.1) is 13.2 Å². The Labute approximate surface area is 210 Å². The van der Waals surface area contributed by atoms with E-state index < -0.39 is 23.7 Å². The van der Waals surface area contributed by atoms with Gasteiger partial charge in [-0.25, -0.2) is 4.98 Å². The summed E-state index contributed by atoms with van der Waals surface area (Å²) in [5.41, 5.74) is 1.77. The van der Waals surface area contributed by atoms with Crippen LogP contribution in [0.4, 0.5) is 19.1 Å². The van der Waals surface area contributed by atoms with Gasteiger partial charge in [0, 0.05) is 47.9 Å². The van der Waals surface area contributed by atoms with E-state index in [1.165, 1.54) is 0 Å². The summed E-state index contributed by atoms with van der Waals surface area (Å²) >= 11 is 0. The normalized spacial score (nSPS) is 20.5. The van der Waals surface area contributed by atoms with E-state index in [0.29, 0.717) is 0 Å². The Morgan fingerprint density at radius 3 is 2.70 bits per heavy atom. The van der Waals surface area contributed by atoms with Crippen molar-refractivity contribution in [2.75, 3.05) is 18.5 Å². The highest BCUT2D eigenvalue weighted by Crippen LogP contribution is 2.37. The van der Waals surface area contributed by atoms with E-state index in [-0.39, 0.29) is 31.1 Å². The number of aromatic nitrogens is 6. The minimum absolute atomic E-state index is 0.0378. The summed E-state index contributed by atoms with van der Waals surface area (Å²) in [6.45, 7) is 0.479. The van der Waals surface area contributed by atoms with Gasteiger partial charge in [0.1, 0.15) is 17.5 Å². The van der Waals surface area contributed by atoms with Crippen molar-refractivity contribution in [2.24, 2.45) is 0 Å². The van der Waals surface area contributed by atoms with Crippen molar-refractivity contribution in [2.45, 2.75) is 49.9 Å². The molecule has 2 aliphatic rings. The van der Waals surface area contributed by atoms with Crippen molar-refractivity contribution in [1.82, 2.24) is 29.5 Å². The summed E-state index contributed by atoms with van der Waals surface area (Å²) in [4.78, 5) is 12.2. The van der Waals surface area contributed by atoms with E-state index in [9.17, 15) is 13.2 Å². The van der Waals surface area contributed by atoms with Gasteiger partial charge >= 0.3 is 6.18 Å². The zero-order valence-electron chi connectivity index (χ0n) is 19.7. The molecule has 0 spiro atoms. The smallest absolute Gasteiger partial charge is 0.423 e. The number of nitrogens with one attached hydrogen (secondary N) is 1. The maximum atomic E-state index is 13.5. The van der Waals surface area contributed by atoms with Crippen LogP contribution in [-0.2, 0) is 10.9 Å². The summed E-state index contributed by atoms with van der Waals surface area (Å²) in [6, 6.07) is 7.78. The molecule has 12 heteroatoms. The van der Waals surface area contributed by atoms with Crippen LogP contribution in [0.3, 0.4) is 0 Å². The molecule has 1 saturated heterocycles. The molecule has 1 saturated carbocycles. The molecule has 6 rings (SSSR count). The van der Waals surface area contributed by atoms with Crippen LogP contribution in [0.2, 0.25) is 0 Å². The third-order valence-electron chi connectivity index (χ3n) is 6.74. The highest BCUT2D eigenvalue weighted by Gasteiger charge is 2.38. The number of rotatable bonds is 6. The third-order valence-corrected chi connectivity index (χ3v) is 6.74. The Kier molecular flexibility index (Phi) is 6.11. The Balaban J connectivity index is 1.22. The molecule has 0 radical (unpaired) electrons. The number of hydrogen-bond donors (Lipinski definition) is 1. The second-order valence-electron chi connectivity index (χ2n) is 9.34. The number of hydrogen-bond acceptors (Lipinski definition) is 8. The summed E-state index contributed by atoms with van der Waals surface area (Å²) in [5.74, 6) is 0.605. The number of halogens is 3. The van der Waals surface area contributed by atoms with Crippen LogP contribution in [0, 0.1) is 0 Å². The van der Waals surface area contributed by atoms with E-state index in [4.69, 9.17) is 9.47 Å². The molecule has 5 heterocycles. The molecule has 37 heavy (non-hydrogen) atoms.